The van der Waals surface area contributed by atoms with Gasteiger partial charge in [0.2, 0.25) is 11.9 Å². The number of nitrogens with zero attached hydrogens (tertiary/aromatic N) is 5. The van der Waals surface area contributed by atoms with E-state index in [1.807, 2.05) is 20.9 Å². The lowest BCUT2D eigenvalue weighted by molar-refractivity contribution is -0.127. The third-order valence-corrected chi connectivity index (χ3v) is 5.45. The summed E-state index contributed by atoms with van der Waals surface area (Å²) >= 11 is 1.64. The molecule has 0 saturated carbocycles. The minimum Gasteiger partial charge on any atom is -0.368 e. The molecule has 9 heteroatoms. The molecule has 3 aromatic rings. The second kappa shape index (κ2) is 8.55. The molecule has 4 heterocycles. The molecule has 0 aliphatic carbocycles. The van der Waals surface area contributed by atoms with E-state index in [1.165, 1.54) is 0 Å². The first-order chi connectivity index (χ1) is 13.8. The molecule has 0 atom stereocenters. The van der Waals surface area contributed by atoms with Crippen molar-refractivity contribution in [2.45, 2.75) is 32.6 Å². The van der Waals surface area contributed by atoms with Crippen LogP contribution in [0, 0.1) is 0 Å². The van der Waals surface area contributed by atoms with E-state index in [4.69, 9.17) is 4.98 Å². The summed E-state index contributed by atoms with van der Waals surface area (Å²) in [6.07, 6.45) is 5.33. The molecule has 1 saturated heterocycles. The molecule has 0 bridgehead atoms. The molecule has 1 aliphatic heterocycles. The van der Waals surface area contributed by atoms with Gasteiger partial charge in [-0.15, -0.1) is 0 Å². The maximum absolute atomic E-state index is 11.7. The third kappa shape index (κ3) is 3.94. The van der Waals surface area contributed by atoms with Crippen LogP contribution in [0.5, 0.6) is 0 Å². The summed E-state index contributed by atoms with van der Waals surface area (Å²) in [6.45, 7) is 5.32. The fourth-order valence-corrected chi connectivity index (χ4v) is 3.97. The number of anilines is 2. The topological polar surface area (TPSA) is 88.0 Å². The second-order valence-corrected chi connectivity index (χ2v) is 7.64. The van der Waals surface area contributed by atoms with Crippen molar-refractivity contribution in [2.24, 2.45) is 0 Å². The lowest BCUT2D eigenvalue weighted by Crippen LogP contribution is -2.27. The molecule has 4 rings (SSSR count). The molecule has 0 radical (unpaired) electrons. The van der Waals surface area contributed by atoms with Crippen LogP contribution in [0.2, 0.25) is 0 Å². The normalized spacial score (nSPS) is 14.2. The summed E-state index contributed by atoms with van der Waals surface area (Å²) in [5.74, 6) is 1.59. The minimum atomic E-state index is 0.267. The molecule has 0 aromatic carbocycles. The van der Waals surface area contributed by atoms with Crippen molar-refractivity contribution in [3.8, 4) is 5.69 Å². The Labute approximate surface area is 168 Å². The summed E-state index contributed by atoms with van der Waals surface area (Å²) < 4.78 is 1.98. The highest BCUT2D eigenvalue weighted by Gasteiger charge is 2.19. The predicted octanol–water partition coefficient (Wildman–Crippen LogP) is 3.12. The Morgan fingerprint density at radius 2 is 2.18 bits per heavy atom. The van der Waals surface area contributed by atoms with E-state index in [0.29, 0.717) is 12.4 Å². The van der Waals surface area contributed by atoms with Crippen molar-refractivity contribution in [3.63, 3.8) is 0 Å². The molecule has 2 N–H and O–H groups in total. The van der Waals surface area contributed by atoms with E-state index in [1.54, 1.807) is 17.7 Å². The summed E-state index contributed by atoms with van der Waals surface area (Å²) in [4.78, 5) is 27.5. The first kappa shape index (κ1) is 18.7. The van der Waals surface area contributed by atoms with Crippen LogP contribution in [0.4, 0.5) is 11.8 Å². The van der Waals surface area contributed by atoms with Crippen LogP contribution in [0.25, 0.3) is 16.9 Å². The largest absolute Gasteiger partial charge is 0.368 e. The van der Waals surface area contributed by atoms with Gasteiger partial charge in [-0.05, 0) is 30.7 Å². The molecule has 3 aromatic heterocycles. The zero-order valence-corrected chi connectivity index (χ0v) is 16.8. The van der Waals surface area contributed by atoms with Gasteiger partial charge >= 0.3 is 0 Å². The molecule has 0 unspecified atom stereocenters. The number of hydrogen-bond acceptors (Lipinski definition) is 7. The van der Waals surface area contributed by atoms with Gasteiger partial charge in [0.05, 0.1) is 5.69 Å². The van der Waals surface area contributed by atoms with Crippen LogP contribution in [-0.4, -0.2) is 56.5 Å². The second-order valence-electron chi connectivity index (χ2n) is 6.86. The maximum atomic E-state index is 11.7. The Bertz CT molecular complexity index is 937. The number of rotatable bonds is 9. The summed E-state index contributed by atoms with van der Waals surface area (Å²) in [5, 5.41) is 10.8. The highest BCUT2D eigenvalue weighted by atomic mass is 32.1. The van der Waals surface area contributed by atoms with Gasteiger partial charge in [-0.1, -0.05) is 6.92 Å². The molecule has 148 valence electrons. The van der Waals surface area contributed by atoms with Gasteiger partial charge in [0.25, 0.3) is 0 Å². The van der Waals surface area contributed by atoms with Crippen LogP contribution >= 0.6 is 11.3 Å². The summed E-state index contributed by atoms with van der Waals surface area (Å²) in [7, 11) is 0. The Morgan fingerprint density at radius 1 is 1.25 bits per heavy atom. The highest BCUT2D eigenvalue weighted by molar-refractivity contribution is 7.08. The lowest BCUT2D eigenvalue weighted by Gasteiger charge is -2.15. The number of carbonyl (C=O) groups excluding carboxylic acids is 1. The van der Waals surface area contributed by atoms with Crippen molar-refractivity contribution >= 4 is 40.2 Å². The number of amides is 1. The molecule has 28 heavy (non-hydrogen) atoms. The van der Waals surface area contributed by atoms with Gasteiger partial charge in [0.15, 0.2) is 17.0 Å². The smallest absolute Gasteiger partial charge is 0.226 e. The minimum absolute atomic E-state index is 0.267. The lowest BCUT2D eigenvalue weighted by atomic mass is 10.4. The fraction of sp³-hybridized carbons (Fsp3) is 0.474. The number of hydrogen-bond donors (Lipinski definition) is 2. The van der Waals surface area contributed by atoms with Gasteiger partial charge in [-0.2, -0.15) is 21.3 Å². The van der Waals surface area contributed by atoms with Crippen LogP contribution in [0.1, 0.15) is 32.6 Å². The number of likely N-dealkylation sites (tertiary alicyclic amines) is 1. The summed E-state index contributed by atoms with van der Waals surface area (Å²) in [5.41, 5.74) is 2.60. The van der Waals surface area contributed by atoms with Gasteiger partial charge in [-0.3, -0.25) is 9.36 Å². The molecular formula is C19H25N7OS. The third-order valence-electron chi connectivity index (χ3n) is 4.78. The van der Waals surface area contributed by atoms with Gasteiger partial charge in [0.1, 0.15) is 6.33 Å². The number of aromatic nitrogens is 4. The first-order valence-electron chi connectivity index (χ1n) is 9.79. The van der Waals surface area contributed by atoms with Crippen LogP contribution in [-0.2, 0) is 4.79 Å². The molecular weight excluding hydrogens is 374 g/mol. The van der Waals surface area contributed by atoms with E-state index in [9.17, 15) is 4.79 Å². The Morgan fingerprint density at radius 3 is 2.93 bits per heavy atom. The molecule has 1 amide bonds. The Kier molecular flexibility index (Phi) is 5.70. The van der Waals surface area contributed by atoms with Crippen molar-refractivity contribution in [1.82, 2.24) is 24.4 Å². The average molecular weight is 400 g/mol. The van der Waals surface area contributed by atoms with Crippen molar-refractivity contribution in [2.75, 3.05) is 36.8 Å². The molecule has 1 fully saturated rings. The quantitative estimate of drug-likeness (QED) is 0.538. The van der Waals surface area contributed by atoms with Crippen molar-refractivity contribution < 1.29 is 4.79 Å². The van der Waals surface area contributed by atoms with E-state index in [2.05, 4.69) is 32.9 Å². The zero-order valence-electron chi connectivity index (χ0n) is 16.0. The zero-order chi connectivity index (χ0) is 19.3. The van der Waals surface area contributed by atoms with Crippen molar-refractivity contribution in [1.29, 1.82) is 0 Å². The number of thiophene rings is 1. The van der Waals surface area contributed by atoms with E-state index in [-0.39, 0.29) is 5.91 Å². The Hall–Kier alpha value is -2.68. The van der Waals surface area contributed by atoms with Gasteiger partial charge in [-0.25, -0.2) is 4.98 Å². The number of nitrogens with one attached hydrogen (secondary N) is 2. The molecule has 8 nitrogen and oxygen atoms in total. The predicted molar refractivity (Wildman–Crippen MR) is 112 cm³/mol. The van der Waals surface area contributed by atoms with Gasteiger partial charge < -0.3 is 15.5 Å². The number of carbonyl (C=O) groups is 1. The highest BCUT2D eigenvalue weighted by Crippen LogP contribution is 2.24. The Balaban J connectivity index is 1.51. The molecule has 0 spiro atoms. The fourth-order valence-electron chi connectivity index (χ4n) is 3.34. The standard InChI is InChI=1S/C19H25N7OS/c1-2-7-20-17-16-18(26(13-22-16)14-6-11-28-12-14)24-19(23-17)21-8-4-10-25-9-3-5-15(25)27/h6,11-13H,2-5,7-10H2,1H3,(H2,20,21,23,24). The van der Waals surface area contributed by atoms with Crippen molar-refractivity contribution in [3.05, 3.63) is 23.2 Å². The maximum Gasteiger partial charge on any atom is 0.226 e. The number of fused-ring (bicyclic) bond motifs is 1. The summed E-state index contributed by atoms with van der Waals surface area (Å²) in [6, 6.07) is 2.05. The van der Waals surface area contributed by atoms with E-state index < -0.39 is 0 Å². The first-order valence-corrected chi connectivity index (χ1v) is 10.7. The monoisotopic (exact) mass is 399 g/mol. The SMILES string of the molecule is CCCNc1nc(NCCCN2CCCC2=O)nc2c1ncn2-c1ccsc1. The average Bonchev–Trinajstić information content (AvgIpc) is 3.44. The van der Waals surface area contributed by atoms with E-state index >= 15 is 0 Å². The van der Waals surface area contributed by atoms with Crippen LogP contribution in [0.3, 0.4) is 0 Å². The van der Waals surface area contributed by atoms with Crippen LogP contribution < -0.4 is 10.6 Å². The van der Waals surface area contributed by atoms with E-state index in [0.717, 1.165) is 68.1 Å². The molecule has 1 aliphatic rings. The number of imidazole rings is 1. The van der Waals surface area contributed by atoms with Crippen LogP contribution in [0.15, 0.2) is 23.2 Å². The van der Waals surface area contributed by atoms with Gasteiger partial charge in [0, 0.05) is 38.0 Å².